The second-order valence-electron chi connectivity index (χ2n) is 8.07. The summed E-state index contributed by atoms with van der Waals surface area (Å²) in [5.41, 5.74) is 3.08. The lowest BCUT2D eigenvalue weighted by Crippen LogP contribution is -2.43. The molecule has 5 nitrogen and oxygen atoms in total. The predicted molar refractivity (Wildman–Crippen MR) is 134 cm³/mol. The van der Waals surface area contributed by atoms with Gasteiger partial charge >= 0.3 is 0 Å². The van der Waals surface area contributed by atoms with Gasteiger partial charge in [0.15, 0.2) is 0 Å². The molecule has 0 saturated heterocycles. The van der Waals surface area contributed by atoms with Crippen LogP contribution < -0.4 is 10.2 Å². The van der Waals surface area contributed by atoms with E-state index in [1.807, 2.05) is 35.9 Å². The molecule has 5 rings (SSSR count). The summed E-state index contributed by atoms with van der Waals surface area (Å²) in [6.45, 7) is 0.209. The van der Waals surface area contributed by atoms with Crippen molar-refractivity contribution in [1.29, 1.82) is 0 Å². The molecule has 0 aliphatic carbocycles. The molecule has 2 heterocycles. The number of thioether (sulfide) groups is 1. The van der Waals surface area contributed by atoms with Crippen molar-refractivity contribution in [3.8, 4) is 0 Å². The zero-order valence-corrected chi connectivity index (χ0v) is 19.9. The Bertz CT molecular complexity index is 1400. The number of benzene rings is 3. The maximum atomic E-state index is 13.8. The first-order valence-corrected chi connectivity index (χ1v) is 12.1. The van der Waals surface area contributed by atoms with Gasteiger partial charge in [-0.25, -0.2) is 4.39 Å². The van der Waals surface area contributed by atoms with Crippen molar-refractivity contribution in [3.05, 3.63) is 94.8 Å². The molecule has 1 aromatic heterocycles. The monoisotopic (exact) mass is 493 g/mol. The molecule has 0 fully saturated rings. The number of hydrogen-bond acceptors (Lipinski definition) is 3. The molecule has 3 aromatic carbocycles. The van der Waals surface area contributed by atoms with Crippen LogP contribution in [0.15, 0.2) is 77.8 Å². The van der Waals surface area contributed by atoms with Gasteiger partial charge in [0, 0.05) is 40.8 Å². The molecular formula is C26H21ClFN3O2S. The molecule has 1 aliphatic rings. The summed E-state index contributed by atoms with van der Waals surface area (Å²) in [6.07, 6.45) is 0. The Hall–Kier alpha value is -3.29. The van der Waals surface area contributed by atoms with Gasteiger partial charge in [-0.05, 0) is 42.0 Å². The van der Waals surface area contributed by atoms with Crippen LogP contribution in [0.3, 0.4) is 0 Å². The fourth-order valence-corrected chi connectivity index (χ4v) is 5.62. The molecule has 0 spiro atoms. The van der Waals surface area contributed by atoms with Crippen LogP contribution in [0, 0.1) is 5.82 Å². The molecule has 8 heteroatoms. The maximum Gasteiger partial charge on any atom is 0.248 e. The second kappa shape index (κ2) is 9.16. The number of rotatable bonds is 4. The number of carbonyl (C=O) groups is 2. The quantitative estimate of drug-likeness (QED) is 0.410. The molecule has 1 aliphatic heterocycles. The molecule has 0 saturated carbocycles. The first kappa shape index (κ1) is 22.5. The lowest BCUT2D eigenvalue weighted by molar-refractivity contribution is -0.125. The van der Waals surface area contributed by atoms with Crippen LogP contribution in [-0.2, 0) is 23.2 Å². The lowest BCUT2D eigenvalue weighted by Gasteiger charge is -2.30. The van der Waals surface area contributed by atoms with Crippen molar-refractivity contribution in [2.45, 2.75) is 17.6 Å². The van der Waals surface area contributed by atoms with Crippen molar-refractivity contribution in [1.82, 2.24) is 9.88 Å². The summed E-state index contributed by atoms with van der Waals surface area (Å²) >= 11 is 7.68. The first-order chi connectivity index (χ1) is 16.4. The SMILES string of the molecule is Cn1c2c(c3ccccc31)[C@H](C(=O)NCc1ccc(F)cc1)N(c1cccc(Cl)c1)C(=O)CS2. The molecule has 0 radical (unpaired) electrons. The zero-order valence-electron chi connectivity index (χ0n) is 18.3. The van der Waals surface area contributed by atoms with Crippen LogP contribution >= 0.6 is 23.4 Å². The Balaban J connectivity index is 1.63. The van der Waals surface area contributed by atoms with Crippen LogP contribution in [0.25, 0.3) is 10.9 Å². The van der Waals surface area contributed by atoms with Gasteiger partial charge < -0.3 is 9.88 Å². The third kappa shape index (κ3) is 4.06. The molecule has 1 atom stereocenters. The highest BCUT2D eigenvalue weighted by Crippen LogP contribution is 2.43. The number of carbonyl (C=O) groups excluding carboxylic acids is 2. The number of fused-ring (bicyclic) bond motifs is 3. The van der Waals surface area contributed by atoms with Crippen LogP contribution in [0.4, 0.5) is 10.1 Å². The van der Waals surface area contributed by atoms with Crippen molar-refractivity contribution >= 4 is 51.8 Å². The number of nitrogens with zero attached hydrogens (tertiary/aromatic N) is 2. The molecule has 1 N–H and O–H groups in total. The Morgan fingerprint density at radius 3 is 2.65 bits per heavy atom. The van der Waals surface area contributed by atoms with E-state index in [0.717, 1.165) is 27.1 Å². The minimum absolute atomic E-state index is 0.186. The summed E-state index contributed by atoms with van der Waals surface area (Å²) in [7, 11) is 1.95. The summed E-state index contributed by atoms with van der Waals surface area (Å²) < 4.78 is 15.3. The van der Waals surface area contributed by atoms with E-state index >= 15 is 0 Å². The van der Waals surface area contributed by atoms with E-state index in [1.165, 1.54) is 28.8 Å². The van der Waals surface area contributed by atoms with Crippen LogP contribution in [0.1, 0.15) is 17.2 Å². The summed E-state index contributed by atoms with van der Waals surface area (Å²) in [5.74, 6) is -0.660. The van der Waals surface area contributed by atoms with Gasteiger partial charge in [0.25, 0.3) is 0 Å². The number of anilines is 1. The topological polar surface area (TPSA) is 54.3 Å². The van der Waals surface area contributed by atoms with E-state index in [0.29, 0.717) is 10.7 Å². The van der Waals surface area contributed by atoms with E-state index in [1.54, 1.807) is 36.4 Å². The number of aryl methyl sites for hydroxylation is 1. The number of aromatic nitrogens is 1. The smallest absolute Gasteiger partial charge is 0.248 e. The minimum atomic E-state index is -0.900. The Morgan fingerprint density at radius 1 is 1.12 bits per heavy atom. The number of halogens is 2. The van der Waals surface area contributed by atoms with Gasteiger partial charge in [0.05, 0.1) is 10.8 Å². The molecule has 34 heavy (non-hydrogen) atoms. The first-order valence-electron chi connectivity index (χ1n) is 10.7. The van der Waals surface area contributed by atoms with Gasteiger partial charge in [-0.1, -0.05) is 59.8 Å². The lowest BCUT2D eigenvalue weighted by atomic mass is 10.0. The highest BCUT2D eigenvalue weighted by atomic mass is 35.5. The van der Waals surface area contributed by atoms with Gasteiger partial charge in [-0.3, -0.25) is 14.5 Å². The Kier molecular flexibility index (Phi) is 6.06. The van der Waals surface area contributed by atoms with E-state index in [2.05, 4.69) is 5.32 Å². The average molecular weight is 494 g/mol. The standard InChI is InChI=1S/C26H21ClFN3O2S/c1-30-21-8-3-2-7-20(21)23-24(25(33)29-14-16-9-11-18(28)12-10-16)31(22(32)15-34-26(23)30)19-6-4-5-17(27)13-19/h2-13,24H,14-15H2,1H3,(H,29,33)/t24-/m1/s1. The Morgan fingerprint density at radius 2 is 1.88 bits per heavy atom. The third-order valence-corrected chi connectivity index (χ3v) is 7.33. The normalized spacial score (nSPS) is 15.8. The van der Waals surface area contributed by atoms with Gasteiger partial charge in [-0.15, -0.1) is 0 Å². The largest absolute Gasteiger partial charge is 0.350 e. The van der Waals surface area contributed by atoms with Crippen LogP contribution in [-0.4, -0.2) is 22.1 Å². The fraction of sp³-hybridized carbons (Fsp3) is 0.154. The number of hydrogen-bond donors (Lipinski definition) is 1. The Labute approximate surface area is 205 Å². The summed E-state index contributed by atoms with van der Waals surface area (Å²) in [4.78, 5) is 28.7. The second-order valence-corrected chi connectivity index (χ2v) is 9.47. The fourth-order valence-electron chi connectivity index (χ4n) is 4.37. The molecule has 0 bridgehead atoms. The van der Waals surface area contributed by atoms with E-state index < -0.39 is 6.04 Å². The van der Waals surface area contributed by atoms with Crippen LogP contribution in [0.2, 0.25) is 5.02 Å². The van der Waals surface area contributed by atoms with Crippen molar-refractivity contribution in [2.75, 3.05) is 10.7 Å². The highest BCUT2D eigenvalue weighted by Gasteiger charge is 2.39. The summed E-state index contributed by atoms with van der Waals surface area (Å²) in [5, 5.41) is 5.23. The van der Waals surface area contributed by atoms with Crippen molar-refractivity contribution in [2.24, 2.45) is 7.05 Å². The molecular weight excluding hydrogens is 473 g/mol. The number of para-hydroxylation sites is 1. The zero-order chi connectivity index (χ0) is 23.8. The molecule has 172 valence electrons. The van der Waals surface area contributed by atoms with Gasteiger partial charge in [0.2, 0.25) is 11.8 Å². The van der Waals surface area contributed by atoms with Gasteiger partial charge in [-0.2, -0.15) is 0 Å². The van der Waals surface area contributed by atoms with Gasteiger partial charge in [0.1, 0.15) is 11.9 Å². The predicted octanol–water partition coefficient (Wildman–Crippen LogP) is 5.47. The van der Waals surface area contributed by atoms with E-state index in [-0.39, 0.29) is 29.9 Å². The number of nitrogens with one attached hydrogen (secondary N) is 1. The maximum absolute atomic E-state index is 13.8. The van der Waals surface area contributed by atoms with E-state index in [4.69, 9.17) is 11.6 Å². The van der Waals surface area contributed by atoms with Crippen molar-refractivity contribution < 1.29 is 14.0 Å². The van der Waals surface area contributed by atoms with E-state index in [9.17, 15) is 14.0 Å². The third-order valence-electron chi connectivity index (χ3n) is 5.94. The number of amides is 2. The van der Waals surface area contributed by atoms with Crippen LogP contribution in [0.5, 0.6) is 0 Å². The highest BCUT2D eigenvalue weighted by molar-refractivity contribution is 8.00. The van der Waals surface area contributed by atoms with Crippen molar-refractivity contribution in [3.63, 3.8) is 0 Å². The average Bonchev–Trinajstić information content (AvgIpc) is 3.01. The summed E-state index contributed by atoms with van der Waals surface area (Å²) in [6, 6.07) is 19.9. The molecule has 2 amide bonds. The minimum Gasteiger partial charge on any atom is -0.350 e. The molecule has 4 aromatic rings. The molecule has 0 unspecified atom stereocenters.